The zero-order valence-corrected chi connectivity index (χ0v) is 12.8. The number of rotatable bonds is 6. The van der Waals surface area contributed by atoms with Crippen molar-refractivity contribution in [2.45, 2.75) is 6.42 Å². The minimum Gasteiger partial charge on any atom is -0.385 e. The SMILES string of the molecule is COCCCNC(=O)/C(C#N)=C\c1ccccc1I. The Morgan fingerprint density at radius 2 is 2.26 bits per heavy atom. The van der Waals surface area contributed by atoms with Gasteiger partial charge in [0.1, 0.15) is 11.6 Å². The molecule has 1 aromatic rings. The van der Waals surface area contributed by atoms with Crippen molar-refractivity contribution in [3.63, 3.8) is 0 Å². The molecule has 0 aliphatic rings. The molecule has 1 amide bonds. The number of hydrogen-bond donors (Lipinski definition) is 1. The highest BCUT2D eigenvalue weighted by Crippen LogP contribution is 2.15. The lowest BCUT2D eigenvalue weighted by Crippen LogP contribution is -2.26. The van der Waals surface area contributed by atoms with E-state index in [1.54, 1.807) is 13.2 Å². The van der Waals surface area contributed by atoms with Crippen molar-refractivity contribution in [1.29, 1.82) is 5.26 Å². The minimum atomic E-state index is -0.349. The lowest BCUT2D eigenvalue weighted by molar-refractivity contribution is -0.117. The van der Waals surface area contributed by atoms with Gasteiger partial charge in [0.2, 0.25) is 0 Å². The van der Waals surface area contributed by atoms with Crippen molar-refractivity contribution < 1.29 is 9.53 Å². The van der Waals surface area contributed by atoms with Crippen molar-refractivity contribution in [3.8, 4) is 6.07 Å². The number of ether oxygens (including phenoxy) is 1. The number of nitriles is 1. The molecular weight excluding hydrogens is 355 g/mol. The maximum absolute atomic E-state index is 11.8. The van der Waals surface area contributed by atoms with Crippen LogP contribution in [0.3, 0.4) is 0 Å². The fourth-order valence-corrected chi connectivity index (χ4v) is 1.95. The van der Waals surface area contributed by atoms with E-state index in [1.165, 1.54) is 0 Å². The Hall–Kier alpha value is -1.39. The molecule has 0 aromatic heterocycles. The number of carbonyl (C=O) groups is 1. The summed E-state index contributed by atoms with van der Waals surface area (Å²) in [6, 6.07) is 9.52. The van der Waals surface area contributed by atoms with Crippen LogP contribution >= 0.6 is 22.6 Å². The normalized spacial score (nSPS) is 10.9. The van der Waals surface area contributed by atoms with Crippen LogP contribution in [0.5, 0.6) is 0 Å². The van der Waals surface area contributed by atoms with E-state index < -0.39 is 0 Å². The highest BCUT2D eigenvalue weighted by Gasteiger charge is 2.08. The van der Waals surface area contributed by atoms with E-state index in [2.05, 4.69) is 27.9 Å². The van der Waals surface area contributed by atoms with Crippen LogP contribution in [0.4, 0.5) is 0 Å². The van der Waals surface area contributed by atoms with Gasteiger partial charge in [0, 0.05) is 23.8 Å². The Labute approximate surface area is 126 Å². The first-order valence-corrected chi connectivity index (χ1v) is 6.90. The summed E-state index contributed by atoms with van der Waals surface area (Å²) >= 11 is 2.17. The summed E-state index contributed by atoms with van der Waals surface area (Å²) in [6.07, 6.45) is 2.33. The van der Waals surface area contributed by atoms with Crippen LogP contribution < -0.4 is 5.32 Å². The van der Waals surface area contributed by atoms with Crippen molar-refractivity contribution in [3.05, 3.63) is 39.0 Å². The zero-order chi connectivity index (χ0) is 14.1. The van der Waals surface area contributed by atoms with E-state index in [1.807, 2.05) is 30.3 Å². The van der Waals surface area contributed by atoms with Crippen molar-refractivity contribution in [1.82, 2.24) is 5.32 Å². The number of methoxy groups -OCH3 is 1. The van der Waals surface area contributed by atoms with Gasteiger partial charge >= 0.3 is 0 Å². The number of nitrogens with one attached hydrogen (secondary N) is 1. The summed E-state index contributed by atoms with van der Waals surface area (Å²) in [4.78, 5) is 11.8. The molecule has 0 aliphatic heterocycles. The molecule has 19 heavy (non-hydrogen) atoms. The molecule has 0 fully saturated rings. The summed E-state index contributed by atoms with van der Waals surface area (Å²) in [5.74, 6) is -0.349. The fourth-order valence-electron chi connectivity index (χ4n) is 1.41. The van der Waals surface area contributed by atoms with Gasteiger partial charge in [-0.05, 0) is 46.7 Å². The summed E-state index contributed by atoms with van der Waals surface area (Å²) in [6.45, 7) is 1.08. The molecule has 0 unspecified atom stereocenters. The summed E-state index contributed by atoms with van der Waals surface area (Å²) in [7, 11) is 1.61. The Balaban J connectivity index is 2.70. The second-order valence-electron chi connectivity index (χ2n) is 3.79. The number of benzene rings is 1. The van der Waals surface area contributed by atoms with Gasteiger partial charge in [-0.25, -0.2) is 0 Å². The predicted molar refractivity (Wildman–Crippen MR) is 82.3 cm³/mol. The molecule has 0 aliphatic carbocycles. The van der Waals surface area contributed by atoms with Gasteiger partial charge in [-0.2, -0.15) is 5.26 Å². The largest absolute Gasteiger partial charge is 0.385 e. The quantitative estimate of drug-likeness (QED) is 0.362. The standard InChI is InChI=1S/C14H15IN2O2/c1-19-8-4-7-17-14(18)12(10-16)9-11-5-2-3-6-13(11)15/h2-3,5-6,9H,4,7-8H2,1H3,(H,17,18)/b12-9-. The molecule has 0 atom stereocenters. The maximum atomic E-state index is 11.8. The number of halogens is 1. The van der Waals surface area contributed by atoms with Crippen LogP contribution in [0, 0.1) is 14.9 Å². The fraction of sp³-hybridized carbons (Fsp3) is 0.286. The molecule has 5 heteroatoms. The molecule has 0 radical (unpaired) electrons. The monoisotopic (exact) mass is 370 g/mol. The van der Waals surface area contributed by atoms with Crippen molar-refractivity contribution >= 4 is 34.6 Å². The molecule has 1 rings (SSSR count). The molecule has 0 bridgehead atoms. The van der Waals surface area contributed by atoms with Crippen LogP contribution in [0.15, 0.2) is 29.8 Å². The summed E-state index contributed by atoms with van der Waals surface area (Å²) in [5.41, 5.74) is 0.980. The molecule has 0 heterocycles. The van der Waals surface area contributed by atoms with E-state index in [-0.39, 0.29) is 11.5 Å². The summed E-state index contributed by atoms with van der Waals surface area (Å²) in [5, 5.41) is 11.7. The third-order valence-corrected chi connectivity index (χ3v) is 3.36. The van der Waals surface area contributed by atoms with E-state index in [0.29, 0.717) is 13.2 Å². The molecule has 4 nitrogen and oxygen atoms in total. The Bertz CT molecular complexity index is 506. The van der Waals surface area contributed by atoms with E-state index in [9.17, 15) is 4.79 Å². The first-order valence-electron chi connectivity index (χ1n) is 5.82. The van der Waals surface area contributed by atoms with Gasteiger partial charge in [-0.15, -0.1) is 0 Å². The molecule has 0 spiro atoms. The van der Waals surface area contributed by atoms with Crippen molar-refractivity contribution in [2.24, 2.45) is 0 Å². The molecular formula is C14H15IN2O2. The van der Waals surface area contributed by atoms with Gasteiger partial charge in [0.05, 0.1) is 0 Å². The van der Waals surface area contributed by atoms with Gasteiger partial charge in [0.15, 0.2) is 0 Å². The third-order valence-electron chi connectivity index (χ3n) is 2.38. The van der Waals surface area contributed by atoms with Gasteiger partial charge in [-0.1, -0.05) is 18.2 Å². The molecule has 0 saturated heterocycles. The lowest BCUT2D eigenvalue weighted by atomic mass is 10.1. The molecule has 100 valence electrons. The van der Waals surface area contributed by atoms with E-state index >= 15 is 0 Å². The molecule has 0 saturated carbocycles. The maximum Gasteiger partial charge on any atom is 0.261 e. The van der Waals surface area contributed by atoms with Crippen LogP contribution in [-0.2, 0) is 9.53 Å². The molecule has 1 aromatic carbocycles. The van der Waals surface area contributed by atoms with Gasteiger partial charge in [-0.3, -0.25) is 4.79 Å². The Kier molecular flexibility index (Phi) is 7.15. The smallest absolute Gasteiger partial charge is 0.261 e. The second kappa shape index (κ2) is 8.67. The molecule has 1 N–H and O–H groups in total. The number of hydrogen-bond acceptors (Lipinski definition) is 3. The highest BCUT2D eigenvalue weighted by molar-refractivity contribution is 14.1. The highest BCUT2D eigenvalue weighted by atomic mass is 127. The zero-order valence-electron chi connectivity index (χ0n) is 10.6. The Morgan fingerprint density at radius 3 is 2.89 bits per heavy atom. The average molecular weight is 370 g/mol. The summed E-state index contributed by atoms with van der Waals surface area (Å²) < 4.78 is 5.89. The van der Waals surface area contributed by atoms with Gasteiger partial charge in [0.25, 0.3) is 5.91 Å². The second-order valence-corrected chi connectivity index (χ2v) is 4.96. The number of nitrogens with zero attached hydrogens (tertiary/aromatic N) is 1. The lowest BCUT2D eigenvalue weighted by Gasteiger charge is -2.04. The van der Waals surface area contributed by atoms with Crippen LogP contribution in [-0.4, -0.2) is 26.2 Å². The predicted octanol–water partition coefficient (Wildman–Crippen LogP) is 2.35. The number of carbonyl (C=O) groups excluding carboxylic acids is 1. The van der Waals surface area contributed by atoms with Crippen LogP contribution in [0.2, 0.25) is 0 Å². The third kappa shape index (κ3) is 5.41. The Morgan fingerprint density at radius 1 is 1.53 bits per heavy atom. The van der Waals surface area contributed by atoms with Crippen LogP contribution in [0.25, 0.3) is 6.08 Å². The average Bonchev–Trinajstić information content (AvgIpc) is 2.42. The van der Waals surface area contributed by atoms with Crippen molar-refractivity contribution in [2.75, 3.05) is 20.3 Å². The number of amides is 1. The van der Waals surface area contributed by atoms with E-state index in [4.69, 9.17) is 10.00 Å². The van der Waals surface area contributed by atoms with E-state index in [0.717, 1.165) is 15.6 Å². The first-order chi connectivity index (χ1) is 9.19. The van der Waals surface area contributed by atoms with Crippen LogP contribution in [0.1, 0.15) is 12.0 Å². The minimum absolute atomic E-state index is 0.113. The van der Waals surface area contributed by atoms with Gasteiger partial charge < -0.3 is 10.1 Å². The first kappa shape index (κ1) is 15.7. The topological polar surface area (TPSA) is 62.1 Å².